The number of phenols is 1. The highest BCUT2D eigenvalue weighted by molar-refractivity contribution is 5.41. The Labute approximate surface area is 129 Å². The summed E-state index contributed by atoms with van der Waals surface area (Å²) in [6.45, 7) is 2.22. The lowest BCUT2D eigenvalue weighted by Gasteiger charge is -2.11. The Morgan fingerprint density at radius 2 is 1.76 bits per heavy atom. The first-order valence-corrected chi connectivity index (χ1v) is 8.21. The average Bonchev–Trinajstić information content (AvgIpc) is 2.50. The fourth-order valence-corrected chi connectivity index (χ4v) is 2.52. The minimum absolute atomic E-state index is 0.161. The van der Waals surface area contributed by atoms with E-state index in [0.717, 1.165) is 31.2 Å². The van der Waals surface area contributed by atoms with Gasteiger partial charge in [-0.3, -0.25) is 0 Å². The molecule has 1 aromatic rings. The van der Waals surface area contributed by atoms with Crippen LogP contribution in [-0.2, 0) is 6.42 Å². The smallest absolute Gasteiger partial charge is 0.160 e. The van der Waals surface area contributed by atoms with Crippen molar-refractivity contribution in [2.45, 2.75) is 70.8 Å². The van der Waals surface area contributed by atoms with Crippen molar-refractivity contribution in [1.29, 1.82) is 0 Å². The lowest BCUT2D eigenvalue weighted by molar-refractivity contribution is 0.151. The molecule has 0 unspecified atom stereocenters. The van der Waals surface area contributed by atoms with Crippen LogP contribution in [0, 0.1) is 0 Å². The molecule has 2 N–H and O–H groups in total. The van der Waals surface area contributed by atoms with Gasteiger partial charge in [0.25, 0.3) is 0 Å². The number of aliphatic hydroxyl groups is 1. The molecule has 0 bridgehead atoms. The van der Waals surface area contributed by atoms with E-state index in [4.69, 9.17) is 4.74 Å². The number of ether oxygens (including phenoxy) is 1. The summed E-state index contributed by atoms with van der Waals surface area (Å²) in [6.07, 6.45) is 9.79. The summed E-state index contributed by atoms with van der Waals surface area (Å²) in [4.78, 5) is 0. The second kappa shape index (κ2) is 10.5. The van der Waals surface area contributed by atoms with Crippen molar-refractivity contribution in [2.24, 2.45) is 0 Å². The van der Waals surface area contributed by atoms with Crippen LogP contribution in [-0.4, -0.2) is 23.4 Å². The third kappa shape index (κ3) is 7.37. The summed E-state index contributed by atoms with van der Waals surface area (Å²) >= 11 is 0. The molecule has 0 saturated carbocycles. The molecule has 0 amide bonds. The molecule has 1 rings (SSSR count). The van der Waals surface area contributed by atoms with Crippen LogP contribution in [0.4, 0.5) is 0 Å². The number of hydrogen-bond acceptors (Lipinski definition) is 3. The summed E-state index contributed by atoms with van der Waals surface area (Å²) in [5.74, 6) is 0.659. The molecule has 0 spiro atoms. The predicted octanol–water partition coefficient (Wildman–Crippen LogP) is 4.44. The van der Waals surface area contributed by atoms with E-state index in [1.165, 1.54) is 32.1 Å². The molecule has 3 heteroatoms. The van der Waals surface area contributed by atoms with Gasteiger partial charge in [-0.15, -0.1) is 0 Å². The van der Waals surface area contributed by atoms with E-state index < -0.39 is 0 Å². The Hall–Kier alpha value is -1.22. The molecule has 0 saturated heterocycles. The number of hydrogen-bond donors (Lipinski definition) is 2. The van der Waals surface area contributed by atoms with Gasteiger partial charge in [0, 0.05) is 0 Å². The third-order valence-electron chi connectivity index (χ3n) is 3.90. The molecule has 0 heterocycles. The lowest BCUT2D eigenvalue weighted by atomic mass is 10.0. The first-order valence-electron chi connectivity index (χ1n) is 8.21. The number of aryl methyl sites for hydroxylation is 1. The lowest BCUT2D eigenvalue weighted by Crippen LogP contribution is -2.07. The summed E-state index contributed by atoms with van der Waals surface area (Å²) < 4.78 is 5.09. The highest BCUT2D eigenvalue weighted by Gasteiger charge is 2.07. The molecule has 1 atom stereocenters. The van der Waals surface area contributed by atoms with Gasteiger partial charge in [-0.1, -0.05) is 51.5 Å². The summed E-state index contributed by atoms with van der Waals surface area (Å²) in [5.41, 5.74) is 1.09. The van der Waals surface area contributed by atoms with E-state index >= 15 is 0 Å². The Kier molecular flexibility index (Phi) is 8.91. The first-order chi connectivity index (χ1) is 10.2. The zero-order chi connectivity index (χ0) is 15.5. The summed E-state index contributed by atoms with van der Waals surface area (Å²) in [6, 6.07) is 5.37. The molecule has 120 valence electrons. The zero-order valence-electron chi connectivity index (χ0n) is 13.5. The number of phenolic OH excluding ortho intramolecular Hbond substituents is 1. The van der Waals surface area contributed by atoms with Crippen molar-refractivity contribution < 1.29 is 14.9 Å². The van der Waals surface area contributed by atoms with Crippen molar-refractivity contribution in [2.75, 3.05) is 7.11 Å². The second-order valence-electron chi connectivity index (χ2n) is 5.76. The van der Waals surface area contributed by atoms with Crippen molar-refractivity contribution >= 4 is 0 Å². The molecule has 0 aliphatic rings. The monoisotopic (exact) mass is 294 g/mol. The van der Waals surface area contributed by atoms with Crippen LogP contribution < -0.4 is 4.74 Å². The van der Waals surface area contributed by atoms with Crippen LogP contribution in [0.1, 0.15) is 63.9 Å². The number of methoxy groups -OCH3 is 1. The van der Waals surface area contributed by atoms with Crippen molar-refractivity contribution in [1.82, 2.24) is 0 Å². The number of unbranched alkanes of at least 4 members (excludes halogenated alkanes) is 5. The maximum absolute atomic E-state index is 10.0. The number of rotatable bonds is 11. The largest absolute Gasteiger partial charge is 0.504 e. The van der Waals surface area contributed by atoms with E-state index in [0.29, 0.717) is 5.75 Å². The normalized spacial score (nSPS) is 12.3. The van der Waals surface area contributed by atoms with E-state index in [2.05, 4.69) is 6.92 Å². The molecule has 0 fully saturated rings. The van der Waals surface area contributed by atoms with E-state index in [9.17, 15) is 10.2 Å². The Bertz CT molecular complexity index is 390. The van der Waals surface area contributed by atoms with E-state index in [-0.39, 0.29) is 11.9 Å². The van der Waals surface area contributed by atoms with Gasteiger partial charge in [-0.2, -0.15) is 0 Å². The number of aromatic hydroxyl groups is 1. The molecule has 21 heavy (non-hydrogen) atoms. The van der Waals surface area contributed by atoms with Gasteiger partial charge in [-0.05, 0) is 37.0 Å². The van der Waals surface area contributed by atoms with Gasteiger partial charge in [0.05, 0.1) is 13.2 Å². The molecular formula is C18H30O3. The van der Waals surface area contributed by atoms with Gasteiger partial charge in [0.1, 0.15) is 0 Å². The first kappa shape index (κ1) is 17.8. The van der Waals surface area contributed by atoms with Crippen LogP contribution in [0.2, 0.25) is 0 Å². The average molecular weight is 294 g/mol. The summed E-state index contributed by atoms with van der Waals surface area (Å²) in [5, 5.41) is 19.6. The highest BCUT2D eigenvalue weighted by atomic mass is 16.5. The number of benzene rings is 1. The zero-order valence-corrected chi connectivity index (χ0v) is 13.5. The van der Waals surface area contributed by atoms with Gasteiger partial charge in [-0.25, -0.2) is 0 Å². The van der Waals surface area contributed by atoms with Gasteiger partial charge >= 0.3 is 0 Å². The standard InChI is InChI=1S/C18H30O3/c1-3-4-5-6-7-8-9-16(19)12-10-15-11-13-17(20)18(14-15)21-2/h11,13-14,16,19-20H,3-10,12H2,1-2H3/t16-/m1/s1. The van der Waals surface area contributed by atoms with Crippen LogP contribution in [0.25, 0.3) is 0 Å². The Balaban J connectivity index is 2.19. The minimum atomic E-state index is -0.226. The molecule has 0 aliphatic heterocycles. The van der Waals surface area contributed by atoms with Crippen molar-refractivity contribution in [3.8, 4) is 11.5 Å². The van der Waals surface area contributed by atoms with Crippen LogP contribution in [0.5, 0.6) is 11.5 Å². The fraction of sp³-hybridized carbons (Fsp3) is 0.667. The quantitative estimate of drug-likeness (QED) is 0.593. The molecule has 3 nitrogen and oxygen atoms in total. The minimum Gasteiger partial charge on any atom is -0.504 e. The third-order valence-corrected chi connectivity index (χ3v) is 3.90. The second-order valence-corrected chi connectivity index (χ2v) is 5.76. The maximum atomic E-state index is 10.0. The predicted molar refractivity (Wildman–Crippen MR) is 87.0 cm³/mol. The fourth-order valence-electron chi connectivity index (χ4n) is 2.52. The van der Waals surface area contributed by atoms with Crippen molar-refractivity contribution in [3.05, 3.63) is 23.8 Å². The topological polar surface area (TPSA) is 49.7 Å². The van der Waals surface area contributed by atoms with Gasteiger partial charge in [0.15, 0.2) is 11.5 Å². The molecular weight excluding hydrogens is 264 g/mol. The highest BCUT2D eigenvalue weighted by Crippen LogP contribution is 2.27. The summed E-state index contributed by atoms with van der Waals surface area (Å²) in [7, 11) is 1.55. The van der Waals surface area contributed by atoms with Gasteiger partial charge < -0.3 is 14.9 Å². The van der Waals surface area contributed by atoms with E-state index in [1.54, 1.807) is 13.2 Å². The molecule has 0 aliphatic carbocycles. The number of aliphatic hydroxyl groups excluding tert-OH is 1. The van der Waals surface area contributed by atoms with Crippen LogP contribution in [0.3, 0.4) is 0 Å². The van der Waals surface area contributed by atoms with Crippen molar-refractivity contribution in [3.63, 3.8) is 0 Å². The van der Waals surface area contributed by atoms with E-state index in [1.807, 2.05) is 12.1 Å². The molecule has 0 radical (unpaired) electrons. The molecule has 0 aromatic heterocycles. The Morgan fingerprint density at radius 3 is 2.48 bits per heavy atom. The maximum Gasteiger partial charge on any atom is 0.160 e. The Morgan fingerprint density at radius 1 is 1.05 bits per heavy atom. The van der Waals surface area contributed by atoms with Crippen LogP contribution in [0.15, 0.2) is 18.2 Å². The van der Waals surface area contributed by atoms with Gasteiger partial charge in [0.2, 0.25) is 0 Å². The molecule has 1 aromatic carbocycles. The SMILES string of the molecule is CCCCCCCC[C@@H](O)CCc1ccc(O)c(OC)c1. The van der Waals surface area contributed by atoms with Crippen LogP contribution >= 0.6 is 0 Å².